The molecule has 0 aliphatic rings. The molecule has 104 heavy (non-hydrogen) atoms. The van der Waals surface area contributed by atoms with Gasteiger partial charge in [0.25, 0.3) is 0 Å². The molecular weight excluding hydrogens is 1350 g/mol. The Labute approximate surface area is 633 Å². The summed E-state index contributed by atoms with van der Waals surface area (Å²) in [6, 6.07) is 0. The smallest absolute Gasteiger partial charge is 0.462 e. The van der Waals surface area contributed by atoms with Gasteiger partial charge in [-0.05, 0) is 148 Å². The van der Waals surface area contributed by atoms with Crippen molar-refractivity contribution in [3.63, 3.8) is 0 Å². The van der Waals surface area contributed by atoms with Gasteiger partial charge in [-0.1, -0.05) is 285 Å². The van der Waals surface area contributed by atoms with Gasteiger partial charge in [0.2, 0.25) is 0 Å². The van der Waals surface area contributed by atoms with Crippen molar-refractivity contribution in [1.29, 1.82) is 0 Å². The molecule has 0 rings (SSSR count). The first-order valence-corrected chi connectivity index (χ1v) is 44.5. The highest BCUT2D eigenvalue weighted by Crippen LogP contribution is 2.45. The molecule has 3 N–H and O–H groups in total. The van der Waals surface area contributed by atoms with Crippen LogP contribution in [-0.2, 0) is 65.4 Å². The Morgan fingerprint density at radius 3 is 0.788 bits per heavy atom. The molecule has 2 unspecified atom stereocenters. The summed E-state index contributed by atoms with van der Waals surface area (Å²) in [4.78, 5) is 73.1. The van der Waals surface area contributed by atoms with Crippen molar-refractivity contribution in [2.24, 2.45) is 0 Å². The number of carbonyl (C=O) groups excluding carboxylic acids is 4. The molecule has 602 valence electrons. The van der Waals surface area contributed by atoms with Crippen molar-refractivity contribution in [3.8, 4) is 0 Å². The van der Waals surface area contributed by atoms with E-state index >= 15 is 0 Å². The first-order valence-electron chi connectivity index (χ1n) is 41.5. The molecule has 19 heteroatoms. The summed E-state index contributed by atoms with van der Waals surface area (Å²) in [5.74, 6) is -2.22. The van der Waals surface area contributed by atoms with Crippen molar-refractivity contribution >= 4 is 39.5 Å². The second kappa shape index (κ2) is 77.1. The molecule has 0 aromatic heterocycles. The average Bonchev–Trinajstić information content (AvgIpc) is 0.918. The normalized spacial score (nSPS) is 14.3. The number of carbonyl (C=O) groups is 4. The number of ether oxygens (including phenoxy) is 4. The average molecular weight is 1510 g/mol. The highest BCUT2D eigenvalue weighted by Gasteiger charge is 2.30. The first-order chi connectivity index (χ1) is 50.7. The van der Waals surface area contributed by atoms with Crippen molar-refractivity contribution in [1.82, 2.24) is 0 Å². The van der Waals surface area contributed by atoms with Crippen LogP contribution in [0, 0.1) is 0 Å². The van der Waals surface area contributed by atoms with Gasteiger partial charge in [-0.2, -0.15) is 0 Å². The summed E-state index contributed by atoms with van der Waals surface area (Å²) in [7, 11) is -9.97. The molecule has 0 radical (unpaired) electrons. The third-order valence-electron chi connectivity index (χ3n) is 17.5. The van der Waals surface area contributed by atoms with E-state index in [9.17, 15) is 43.2 Å². The Morgan fingerprint density at radius 2 is 0.500 bits per heavy atom. The monoisotopic (exact) mass is 1510 g/mol. The fraction of sp³-hybridized carbons (Fsp3) is 0.765. The molecule has 0 aromatic rings. The zero-order valence-electron chi connectivity index (χ0n) is 65.9. The van der Waals surface area contributed by atoms with Gasteiger partial charge in [0.05, 0.1) is 26.4 Å². The van der Waals surface area contributed by atoms with Gasteiger partial charge in [0.1, 0.15) is 19.3 Å². The number of phosphoric ester groups is 2. The molecule has 0 saturated heterocycles. The maximum Gasteiger partial charge on any atom is 0.472 e. The summed E-state index contributed by atoms with van der Waals surface area (Å²) < 4.78 is 68.7. The summed E-state index contributed by atoms with van der Waals surface area (Å²) in [5.41, 5.74) is 0. The zero-order chi connectivity index (χ0) is 76.0. The number of phosphoric acid groups is 2. The highest BCUT2D eigenvalue weighted by atomic mass is 31.2. The van der Waals surface area contributed by atoms with Gasteiger partial charge in [0.15, 0.2) is 12.2 Å². The van der Waals surface area contributed by atoms with Gasteiger partial charge in [-0.15, -0.1) is 0 Å². The lowest BCUT2D eigenvalue weighted by Crippen LogP contribution is -2.30. The zero-order valence-corrected chi connectivity index (χ0v) is 67.7. The Hall–Kier alpha value is -4.02. The molecule has 5 atom stereocenters. The Kier molecular flexibility index (Phi) is 74.2. The third kappa shape index (κ3) is 76.2. The lowest BCUT2D eigenvalue weighted by atomic mass is 10.1. The van der Waals surface area contributed by atoms with Crippen molar-refractivity contribution in [2.75, 3.05) is 39.6 Å². The Bertz CT molecular complexity index is 2350. The molecular formula is C85H150O17P2. The van der Waals surface area contributed by atoms with Crippen LogP contribution < -0.4 is 0 Å². The molecule has 0 saturated carbocycles. The quantitative estimate of drug-likeness (QED) is 0.0169. The molecule has 0 spiro atoms. The van der Waals surface area contributed by atoms with Gasteiger partial charge in [-0.25, -0.2) is 9.13 Å². The minimum absolute atomic E-state index is 0.0775. The second-order valence-corrected chi connectivity index (χ2v) is 30.6. The van der Waals surface area contributed by atoms with Crippen molar-refractivity contribution < 1.29 is 80.2 Å². The van der Waals surface area contributed by atoms with Gasteiger partial charge in [-0.3, -0.25) is 37.3 Å². The Morgan fingerprint density at radius 1 is 0.279 bits per heavy atom. The summed E-state index contributed by atoms with van der Waals surface area (Å²) in [5, 5.41) is 10.7. The summed E-state index contributed by atoms with van der Waals surface area (Å²) >= 11 is 0. The first kappa shape index (κ1) is 100.0. The maximum atomic E-state index is 13.1. The number of esters is 4. The Balaban J connectivity index is 5.39. The number of unbranched alkanes of at least 4 members (excludes halogenated alkanes) is 36. The van der Waals surface area contributed by atoms with Gasteiger partial charge >= 0.3 is 39.5 Å². The third-order valence-corrected chi connectivity index (χ3v) is 19.4. The second-order valence-electron chi connectivity index (χ2n) is 27.7. The molecule has 17 nitrogen and oxygen atoms in total. The fourth-order valence-electron chi connectivity index (χ4n) is 11.2. The van der Waals surface area contributed by atoms with E-state index in [0.29, 0.717) is 25.7 Å². The fourth-order valence-corrected chi connectivity index (χ4v) is 12.8. The van der Waals surface area contributed by atoms with Gasteiger partial charge < -0.3 is 33.8 Å². The van der Waals surface area contributed by atoms with Crippen LogP contribution in [0.1, 0.15) is 362 Å². The van der Waals surface area contributed by atoms with Crippen LogP contribution in [0.2, 0.25) is 0 Å². The van der Waals surface area contributed by atoms with E-state index in [-0.39, 0.29) is 25.7 Å². The molecule has 0 bridgehead atoms. The predicted octanol–water partition coefficient (Wildman–Crippen LogP) is 24.3. The number of hydrogen-bond acceptors (Lipinski definition) is 15. The lowest BCUT2D eigenvalue weighted by Gasteiger charge is -2.21. The van der Waals surface area contributed by atoms with Crippen LogP contribution in [0.25, 0.3) is 0 Å². The lowest BCUT2D eigenvalue weighted by molar-refractivity contribution is -0.161. The predicted molar refractivity (Wildman–Crippen MR) is 427 cm³/mol. The molecule has 0 aliphatic heterocycles. The van der Waals surface area contributed by atoms with Gasteiger partial charge in [0, 0.05) is 25.7 Å². The summed E-state index contributed by atoms with van der Waals surface area (Å²) in [6.45, 7) is 4.74. The molecule has 0 fully saturated rings. The van der Waals surface area contributed by atoms with E-state index in [1.165, 1.54) is 116 Å². The molecule has 0 heterocycles. The number of rotatable bonds is 78. The van der Waals surface area contributed by atoms with Crippen molar-refractivity contribution in [3.05, 3.63) is 97.2 Å². The number of allylic oxidation sites excluding steroid dienone is 16. The number of hydrogen-bond donors (Lipinski definition) is 3. The SMILES string of the molecule is CC/C=C\C/C=C\C/C=C\C/C=C\C/C=C\CCCCCC(=O)OC[C@H](COP(=O)(O)OC[C@@H](O)COP(=O)(O)OC[C@@H](COC(=O)CCCCCCC/C=C\CCCCCCCC)OC(=O)CCCCCCC/C=C\CCCCCCCC)OC(=O)CCCCCCC/C=C\CCCCCCCC. The minimum Gasteiger partial charge on any atom is -0.462 e. The van der Waals surface area contributed by atoms with E-state index in [0.717, 1.165) is 167 Å². The van der Waals surface area contributed by atoms with E-state index < -0.39 is 97.5 Å². The minimum atomic E-state index is -4.99. The topological polar surface area (TPSA) is 237 Å². The van der Waals surface area contributed by atoms with E-state index in [1.807, 2.05) is 0 Å². The maximum absolute atomic E-state index is 13.1. The van der Waals surface area contributed by atoms with Crippen LogP contribution in [0.3, 0.4) is 0 Å². The van der Waals surface area contributed by atoms with Crippen LogP contribution in [0.4, 0.5) is 0 Å². The number of aliphatic hydroxyl groups is 1. The number of aliphatic hydroxyl groups excluding tert-OH is 1. The highest BCUT2D eigenvalue weighted by molar-refractivity contribution is 7.47. The molecule has 0 amide bonds. The van der Waals surface area contributed by atoms with Crippen LogP contribution >= 0.6 is 15.6 Å². The molecule has 0 aromatic carbocycles. The van der Waals surface area contributed by atoms with E-state index in [4.69, 9.17) is 37.0 Å². The van der Waals surface area contributed by atoms with Crippen LogP contribution in [-0.4, -0.2) is 96.7 Å². The van der Waals surface area contributed by atoms with E-state index in [1.54, 1.807) is 0 Å². The molecule has 0 aliphatic carbocycles. The largest absolute Gasteiger partial charge is 0.472 e. The summed E-state index contributed by atoms with van der Waals surface area (Å²) in [6.07, 6.45) is 82.3. The van der Waals surface area contributed by atoms with Crippen molar-refractivity contribution in [2.45, 2.75) is 380 Å². The van der Waals surface area contributed by atoms with Crippen LogP contribution in [0.15, 0.2) is 97.2 Å². The standard InChI is InChI=1S/C85H150O17P2/c1-5-9-13-17-21-25-29-33-37-38-39-40-44-46-50-54-58-62-66-70-83(88)96-76-81(102-85(90)72-68-64-60-56-52-48-43-36-32-28-24-20-16-12-8-4)78-100-104(93,94)98-74-79(86)73-97-103(91,92)99-77-80(101-84(89)71-67-63-59-55-51-47-42-35-31-27-23-19-15-11-7-3)75-95-82(87)69-65-61-57-53-49-45-41-34-30-26-22-18-14-10-6-2/h9,13,21,25,33-37,39-43,46,50,79-81,86H,5-8,10-12,14-20,22-24,26-32,38,44-45,47-49,51-78H2,1-4H3,(H,91,92)(H,93,94)/b13-9-,25-21-,37-33-,40-39-,41-34-,42-35-,43-36-,50-46-/t79-,80+,81+/m0/s1. The van der Waals surface area contributed by atoms with E-state index in [2.05, 4.69) is 125 Å². The van der Waals surface area contributed by atoms with Crippen LogP contribution in [0.5, 0.6) is 0 Å².